The summed E-state index contributed by atoms with van der Waals surface area (Å²) in [7, 11) is 1.84. The second-order valence-corrected chi connectivity index (χ2v) is 4.94. The maximum Gasteiger partial charge on any atom is 0.238 e. The third kappa shape index (κ3) is 5.11. The van der Waals surface area contributed by atoms with E-state index in [0.717, 1.165) is 11.3 Å². The summed E-state index contributed by atoms with van der Waals surface area (Å²) < 4.78 is 0. The number of carbonyl (C=O) groups excluding carboxylic acids is 1. The van der Waals surface area contributed by atoms with E-state index in [2.05, 4.69) is 25.2 Å². The Hall–Kier alpha value is -1.86. The highest BCUT2D eigenvalue weighted by atomic mass is 16.2. The van der Waals surface area contributed by atoms with Crippen molar-refractivity contribution < 1.29 is 4.79 Å². The molecule has 0 saturated carbocycles. The molecule has 1 amide bonds. The van der Waals surface area contributed by atoms with Gasteiger partial charge in [-0.05, 0) is 24.6 Å². The number of likely N-dealkylation sites (N-methyl/N-ethyl adjacent to an activating group) is 1. The Labute approximate surface area is 115 Å². The maximum absolute atomic E-state index is 11.9. The van der Waals surface area contributed by atoms with Crippen LogP contribution < -0.4 is 5.32 Å². The average Bonchev–Trinajstić information content (AvgIpc) is 2.36. The van der Waals surface area contributed by atoms with Gasteiger partial charge in [-0.2, -0.15) is 5.26 Å². The molecule has 0 unspecified atom stereocenters. The molecule has 0 aliphatic rings. The minimum Gasteiger partial charge on any atom is -0.325 e. The lowest BCUT2D eigenvalue weighted by atomic mass is 10.0. The van der Waals surface area contributed by atoms with Crippen molar-refractivity contribution in [3.05, 3.63) is 29.8 Å². The van der Waals surface area contributed by atoms with Crippen LogP contribution in [0.3, 0.4) is 0 Å². The molecule has 0 radical (unpaired) electrons. The van der Waals surface area contributed by atoms with Crippen LogP contribution in [0.2, 0.25) is 0 Å². The van der Waals surface area contributed by atoms with Gasteiger partial charge in [-0.25, -0.2) is 0 Å². The summed E-state index contributed by atoms with van der Waals surface area (Å²) in [5.74, 6) is 0.321. The third-order valence-electron chi connectivity index (χ3n) is 2.88. The second kappa shape index (κ2) is 7.55. The quantitative estimate of drug-likeness (QED) is 0.854. The molecule has 0 aliphatic carbocycles. The van der Waals surface area contributed by atoms with Crippen LogP contribution in [0, 0.1) is 11.3 Å². The van der Waals surface area contributed by atoms with Crippen molar-refractivity contribution in [3.8, 4) is 6.07 Å². The highest BCUT2D eigenvalue weighted by Crippen LogP contribution is 2.23. The zero-order chi connectivity index (χ0) is 14.3. The summed E-state index contributed by atoms with van der Waals surface area (Å²) in [4.78, 5) is 13.8. The highest BCUT2D eigenvalue weighted by molar-refractivity contribution is 5.93. The average molecular weight is 259 g/mol. The summed E-state index contributed by atoms with van der Waals surface area (Å²) in [5, 5.41) is 11.4. The predicted molar refractivity (Wildman–Crippen MR) is 76.9 cm³/mol. The van der Waals surface area contributed by atoms with Crippen molar-refractivity contribution in [1.82, 2.24) is 4.90 Å². The fourth-order valence-electron chi connectivity index (χ4n) is 1.87. The Morgan fingerprint density at radius 3 is 2.74 bits per heavy atom. The number of nitrogens with one attached hydrogen (secondary N) is 1. The Balaban J connectivity index is 2.60. The first-order valence-electron chi connectivity index (χ1n) is 6.49. The fraction of sp³-hybridized carbons (Fsp3) is 0.467. The van der Waals surface area contributed by atoms with Gasteiger partial charge < -0.3 is 5.32 Å². The minimum absolute atomic E-state index is 0.0476. The minimum atomic E-state index is -0.0476. The Kier molecular flexibility index (Phi) is 6.04. The molecule has 0 spiro atoms. The van der Waals surface area contributed by atoms with Crippen LogP contribution in [0.25, 0.3) is 0 Å². The van der Waals surface area contributed by atoms with E-state index in [1.165, 1.54) is 0 Å². The standard InChI is InChI=1S/C15H21N3O/c1-12(2)13-7-4-5-8-14(13)17-15(19)11-18(3)10-6-9-16/h4-5,7-8,12H,6,10-11H2,1-3H3,(H,17,19). The number of anilines is 1. The van der Waals surface area contributed by atoms with E-state index >= 15 is 0 Å². The van der Waals surface area contributed by atoms with Gasteiger partial charge in [0.1, 0.15) is 0 Å². The lowest BCUT2D eigenvalue weighted by molar-refractivity contribution is -0.117. The zero-order valence-electron chi connectivity index (χ0n) is 11.8. The first kappa shape index (κ1) is 15.2. The number of hydrogen-bond donors (Lipinski definition) is 1. The van der Waals surface area contributed by atoms with E-state index in [9.17, 15) is 4.79 Å². The molecule has 1 aromatic carbocycles. The van der Waals surface area contributed by atoms with Crippen LogP contribution in [-0.4, -0.2) is 30.9 Å². The van der Waals surface area contributed by atoms with E-state index in [4.69, 9.17) is 5.26 Å². The summed E-state index contributed by atoms with van der Waals surface area (Å²) in [6.07, 6.45) is 0.437. The van der Waals surface area contributed by atoms with Gasteiger partial charge in [-0.3, -0.25) is 9.69 Å². The van der Waals surface area contributed by atoms with Crippen molar-refractivity contribution in [3.63, 3.8) is 0 Å². The molecular weight excluding hydrogens is 238 g/mol. The number of nitrogens with zero attached hydrogens (tertiary/aromatic N) is 2. The molecule has 4 nitrogen and oxygen atoms in total. The van der Waals surface area contributed by atoms with E-state index < -0.39 is 0 Å². The van der Waals surface area contributed by atoms with Gasteiger partial charge >= 0.3 is 0 Å². The van der Waals surface area contributed by atoms with Crippen molar-refractivity contribution in [2.75, 3.05) is 25.5 Å². The molecule has 0 heterocycles. The molecule has 4 heteroatoms. The van der Waals surface area contributed by atoms with Crippen LogP contribution in [0.5, 0.6) is 0 Å². The number of carbonyl (C=O) groups is 1. The first-order chi connectivity index (χ1) is 9.04. The van der Waals surface area contributed by atoms with Gasteiger partial charge in [-0.1, -0.05) is 32.0 Å². The number of para-hydroxylation sites is 1. The number of amides is 1. The Morgan fingerprint density at radius 1 is 1.42 bits per heavy atom. The van der Waals surface area contributed by atoms with E-state index in [-0.39, 0.29) is 5.91 Å². The molecule has 19 heavy (non-hydrogen) atoms. The molecule has 0 atom stereocenters. The van der Waals surface area contributed by atoms with E-state index in [0.29, 0.717) is 25.4 Å². The number of nitriles is 1. The van der Waals surface area contributed by atoms with Crippen molar-refractivity contribution in [2.45, 2.75) is 26.2 Å². The van der Waals surface area contributed by atoms with E-state index in [1.54, 1.807) is 0 Å². The SMILES string of the molecule is CC(C)c1ccccc1NC(=O)CN(C)CCC#N. The number of rotatable bonds is 6. The zero-order valence-corrected chi connectivity index (χ0v) is 11.8. The smallest absolute Gasteiger partial charge is 0.238 e. The van der Waals surface area contributed by atoms with Gasteiger partial charge in [0, 0.05) is 18.7 Å². The van der Waals surface area contributed by atoms with Crippen LogP contribution in [-0.2, 0) is 4.79 Å². The highest BCUT2D eigenvalue weighted by Gasteiger charge is 2.10. The molecule has 102 valence electrons. The predicted octanol–water partition coefficient (Wildman–Crippen LogP) is 2.59. The summed E-state index contributed by atoms with van der Waals surface area (Å²) in [5.41, 5.74) is 2.01. The third-order valence-corrected chi connectivity index (χ3v) is 2.88. The van der Waals surface area contributed by atoms with Gasteiger partial charge in [0.15, 0.2) is 0 Å². The lowest BCUT2D eigenvalue weighted by Gasteiger charge is -2.17. The Bertz CT molecular complexity index is 463. The van der Waals surface area contributed by atoms with Crippen LogP contribution in [0.1, 0.15) is 31.7 Å². The van der Waals surface area contributed by atoms with Gasteiger partial charge in [-0.15, -0.1) is 0 Å². The van der Waals surface area contributed by atoms with Crippen LogP contribution in [0.4, 0.5) is 5.69 Å². The normalized spacial score (nSPS) is 10.5. The first-order valence-corrected chi connectivity index (χ1v) is 6.49. The lowest BCUT2D eigenvalue weighted by Crippen LogP contribution is -2.31. The largest absolute Gasteiger partial charge is 0.325 e. The molecule has 0 fully saturated rings. The Morgan fingerprint density at radius 2 is 2.11 bits per heavy atom. The fourth-order valence-corrected chi connectivity index (χ4v) is 1.87. The van der Waals surface area contributed by atoms with Gasteiger partial charge in [0.25, 0.3) is 0 Å². The molecule has 0 saturated heterocycles. The summed E-state index contributed by atoms with van der Waals surface area (Å²) in [6.45, 7) is 5.11. The summed E-state index contributed by atoms with van der Waals surface area (Å²) >= 11 is 0. The number of benzene rings is 1. The second-order valence-electron chi connectivity index (χ2n) is 4.94. The molecule has 1 aromatic rings. The molecule has 0 bridgehead atoms. The van der Waals surface area contributed by atoms with Crippen molar-refractivity contribution >= 4 is 11.6 Å². The topological polar surface area (TPSA) is 56.1 Å². The monoisotopic (exact) mass is 259 g/mol. The van der Waals surface area contributed by atoms with Gasteiger partial charge in [0.05, 0.1) is 12.6 Å². The maximum atomic E-state index is 11.9. The van der Waals surface area contributed by atoms with Crippen molar-refractivity contribution in [2.24, 2.45) is 0 Å². The molecule has 1 rings (SSSR count). The molecule has 0 aliphatic heterocycles. The van der Waals surface area contributed by atoms with Gasteiger partial charge in [0.2, 0.25) is 5.91 Å². The molecule has 0 aromatic heterocycles. The molecular formula is C15H21N3O. The molecule has 1 N–H and O–H groups in total. The van der Waals surface area contributed by atoms with Crippen LogP contribution in [0.15, 0.2) is 24.3 Å². The van der Waals surface area contributed by atoms with Crippen molar-refractivity contribution in [1.29, 1.82) is 5.26 Å². The number of hydrogen-bond acceptors (Lipinski definition) is 3. The summed E-state index contributed by atoms with van der Waals surface area (Å²) in [6, 6.07) is 9.91. The van der Waals surface area contributed by atoms with E-state index in [1.807, 2.05) is 36.2 Å². The van der Waals surface area contributed by atoms with Crippen LogP contribution >= 0.6 is 0 Å².